The van der Waals surface area contributed by atoms with E-state index in [9.17, 15) is 4.79 Å². The zero-order chi connectivity index (χ0) is 9.80. The Labute approximate surface area is 89.4 Å². The first kappa shape index (κ1) is 10.3. The second-order valence-corrected chi connectivity index (χ2v) is 5.50. The molecule has 2 aliphatic rings. The Balaban J connectivity index is 1.52. The van der Waals surface area contributed by atoms with Crippen molar-refractivity contribution in [2.24, 2.45) is 0 Å². The van der Waals surface area contributed by atoms with Crippen molar-refractivity contribution in [1.82, 2.24) is 10.6 Å². The van der Waals surface area contributed by atoms with Gasteiger partial charge in [0.05, 0.1) is 6.54 Å². The van der Waals surface area contributed by atoms with Gasteiger partial charge < -0.3 is 10.6 Å². The Hall–Kier alpha value is -0.220. The summed E-state index contributed by atoms with van der Waals surface area (Å²) in [7, 11) is 0. The number of nitrogens with one attached hydrogen (secondary N) is 2. The quantitative estimate of drug-likeness (QED) is 0.709. The fourth-order valence-corrected chi connectivity index (χ4v) is 2.82. The van der Waals surface area contributed by atoms with Crippen LogP contribution in [-0.4, -0.2) is 36.0 Å². The third-order valence-corrected chi connectivity index (χ3v) is 4.08. The topological polar surface area (TPSA) is 41.1 Å². The third-order valence-electron chi connectivity index (χ3n) is 2.68. The number of rotatable bonds is 5. The van der Waals surface area contributed by atoms with E-state index >= 15 is 0 Å². The molecule has 1 aliphatic carbocycles. The lowest BCUT2D eigenvalue weighted by molar-refractivity contribution is -0.120. The maximum Gasteiger partial charge on any atom is 0.234 e. The van der Waals surface area contributed by atoms with Gasteiger partial charge in [-0.3, -0.25) is 4.79 Å². The Morgan fingerprint density at radius 3 is 2.86 bits per heavy atom. The molecule has 2 fully saturated rings. The number of hydrogen-bond donors (Lipinski definition) is 2. The van der Waals surface area contributed by atoms with Crippen LogP contribution in [0.3, 0.4) is 0 Å². The molecule has 0 aromatic carbocycles. The van der Waals surface area contributed by atoms with Crippen LogP contribution in [-0.2, 0) is 4.79 Å². The second-order valence-electron chi connectivity index (χ2n) is 4.09. The van der Waals surface area contributed by atoms with Crippen LogP contribution in [0.5, 0.6) is 0 Å². The summed E-state index contributed by atoms with van der Waals surface area (Å²) in [5.74, 6) is 1.42. The standard InChI is InChI=1S/C10H18N2OS/c13-10(7-11-8-3-4-8)12-6-9-2-1-5-14-9/h8-9,11H,1-7H2,(H,12,13). The fourth-order valence-electron chi connectivity index (χ4n) is 1.62. The maximum absolute atomic E-state index is 11.3. The van der Waals surface area contributed by atoms with Crippen LogP contribution in [0.1, 0.15) is 25.7 Å². The first-order chi connectivity index (χ1) is 6.84. The number of amides is 1. The molecular formula is C10H18N2OS. The summed E-state index contributed by atoms with van der Waals surface area (Å²) in [6.45, 7) is 1.36. The van der Waals surface area contributed by atoms with Gasteiger partial charge in [0.25, 0.3) is 0 Å². The van der Waals surface area contributed by atoms with Gasteiger partial charge >= 0.3 is 0 Å². The zero-order valence-corrected chi connectivity index (χ0v) is 9.24. The van der Waals surface area contributed by atoms with E-state index in [4.69, 9.17) is 0 Å². The van der Waals surface area contributed by atoms with Gasteiger partial charge in [0.15, 0.2) is 0 Å². The van der Waals surface area contributed by atoms with Crippen LogP contribution in [0.2, 0.25) is 0 Å². The number of hydrogen-bond acceptors (Lipinski definition) is 3. The number of thioether (sulfide) groups is 1. The van der Waals surface area contributed by atoms with E-state index in [-0.39, 0.29) is 5.91 Å². The molecule has 1 saturated heterocycles. The molecule has 2 N–H and O–H groups in total. The monoisotopic (exact) mass is 214 g/mol. The van der Waals surface area contributed by atoms with Gasteiger partial charge in [-0.1, -0.05) is 0 Å². The predicted octanol–water partition coefficient (Wildman–Crippen LogP) is 0.750. The molecule has 1 atom stereocenters. The Kier molecular flexibility index (Phi) is 3.70. The van der Waals surface area contributed by atoms with E-state index in [0.717, 1.165) is 6.54 Å². The molecule has 1 saturated carbocycles. The largest absolute Gasteiger partial charge is 0.354 e. The summed E-state index contributed by atoms with van der Waals surface area (Å²) in [4.78, 5) is 11.3. The highest BCUT2D eigenvalue weighted by Gasteiger charge is 2.21. The van der Waals surface area contributed by atoms with E-state index in [2.05, 4.69) is 10.6 Å². The number of carbonyl (C=O) groups excluding carboxylic acids is 1. The lowest BCUT2D eigenvalue weighted by Gasteiger charge is -2.10. The molecule has 14 heavy (non-hydrogen) atoms. The van der Waals surface area contributed by atoms with Crippen LogP contribution in [0.15, 0.2) is 0 Å². The van der Waals surface area contributed by atoms with Crippen molar-refractivity contribution in [3.8, 4) is 0 Å². The molecule has 3 nitrogen and oxygen atoms in total. The van der Waals surface area contributed by atoms with Gasteiger partial charge in [0.1, 0.15) is 0 Å². The Morgan fingerprint density at radius 1 is 1.36 bits per heavy atom. The molecule has 2 rings (SSSR count). The van der Waals surface area contributed by atoms with E-state index in [1.54, 1.807) is 0 Å². The van der Waals surface area contributed by atoms with E-state index in [1.165, 1.54) is 31.4 Å². The second kappa shape index (κ2) is 5.03. The third kappa shape index (κ3) is 3.50. The molecule has 0 bridgehead atoms. The first-order valence-corrected chi connectivity index (χ1v) is 6.51. The summed E-state index contributed by atoms with van der Waals surface area (Å²) in [5.41, 5.74) is 0. The van der Waals surface area contributed by atoms with E-state index in [0.29, 0.717) is 17.8 Å². The molecule has 0 aromatic rings. The number of carbonyl (C=O) groups is 1. The van der Waals surface area contributed by atoms with Gasteiger partial charge in [-0.2, -0.15) is 11.8 Å². The van der Waals surface area contributed by atoms with Crippen molar-refractivity contribution in [3.05, 3.63) is 0 Å². The van der Waals surface area contributed by atoms with Crippen molar-refractivity contribution < 1.29 is 4.79 Å². The zero-order valence-electron chi connectivity index (χ0n) is 8.42. The predicted molar refractivity (Wildman–Crippen MR) is 59.5 cm³/mol. The minimum atomic E-state index is 0.157. The first-order valence-electron chi connectivity index (χ1n) is 5.46. The molecule has 0 spiro atoms. The van der Waals surface area contributed by atoms with Crippen LogP contribution in [0, 0.1) is 0 Å². The Morgan fingerprint density at radius 2 is 2.21 bits per heavy atom. The summed E-state index contributed by atoms with van der Waals surface area (Å²) in [6, 6.07) is 0.626. The summed E-state index contributed by atoms with van der Waals surface area (Å²) in [5, 5.41) is 6.86. The van der Waals surface area contributed by atoms with Gasteiger partial charge in [0.2, 0.25) is 5.91 Å². The highest BCUT2D eigenvalue weighted by atomic mass is 32.2. The molecular weight excluding hydrogens is 196 g/mol. The van der Waals surface area contributed by atoms with E-state index in [1.807, 2.05) is 11.8 Å². The molecule has 0 aromatic heterocycles. The van der Waals surface area contributed by atoms with Crippen LogP contribution < -0.4 is 10.6 Å². The minimum absolute atomic E-state index is 0.157. The molecule has 0 radical (unpaired) electrons. The van der Waals surface area contributed by atoms with Crippen LogP contribution in [0.25, 0.3) is 0 Å². The molecule has 4 heteroatoms. The molecule has 1 aliphatic heterocycles. The van der Waals surface area contributed by atoms with Crippen LogP contribution >= 0.6 is 11.8 Å². The van der Waals surface area contributed by atoms with Gasteiger partial charge in [-0.15, -0.1) is 0 Å². The molecule has 80 valence electrons. The maximum atomic E-state index is 11.3. The van der Waals surface area contributed by atoms with Crippen molar-refractivity contribution in [2.45, 2.75) is 37.0 Å². The summed E-state index contributed by atoms with van der Waals surface area (Å²) < 4.78 is 0. The highest BCUT2D eigenvalue weighted by molar-refractivity contribution is 8.00. The van der Waals surface area contributed by atoms with E-state index < -0.39 is 0 Å². The van der Waals surface area contributed by atoms with Crippen molar-refractivity contribution in [3.63, 3.8) is 0 Å². The molecule has 1 amide bonds. The van der Waals surface area contributed by atoms with Gasteiger partial charge in [-0.05, 0) is 31.4 Å². The Bertz CT molecular complexity index is 200. The fraction of sp³-hybridized carbons (Fsp3) is 0.900. The highest BCUT2D eigenvalue weighted by Crippen LogP contribution is 2.25. The lowest BCUT2D eigenvalue weighted by Crippen LogP contribution is -2.37. The lowest BCUT2D eigenvalue weighted by atomic mass is 10.2. The van der Waals surface area contributed by atoms with Gasteiger partial charge in [0, 0.05) is 17.8 Å². The minimum Gasteiger partial charge on any atom is -0.354 e. The van der Waals surface area contributed by atoms with Crippen molar-refractivity contribution in [1.29, 1.82) is 0 Å². The summed E-state index contributed by atoms with van der Waals surface area (Å²) >= 11 is 1.99. The van der Waals surface area contributed by atoms with Gasteiger partial charge in [-0.25, -0.2) is 0 Å². The molecule has 1 unspecified atom stereocenters. The average Bonchev–Trinajstić information content (AvgIpc) is 2.87. The molecule has 1 heterocycles. The van der Waals surface area contributed by atoms with Crippen molar-refractivity contribution in [2.75, 3.05) is 18.8 Å². The average molecular weight is 214 g/mol. The smallest absolute Gasteiger partial charge is 0.234 e. The van der Waals surface area contributed by atoms with Crippen molar-refractivity contribution >= 4 is 17.7 Å². The summed E-state index contributed by atoms with van der Waals surface area (Å²) in [6.07, 6.45) is 5.06. The SMILES string of the molecule is O=C(CNC1CC1)NCC1CCCS1. The van der Waals surface area contributed by atoms with Crippen LogP contribution in [0.4, 0.5) is 0 Å². The normalized spacial score (nSPS) is 26.4.